The van der Waals surface area contributed by atoms with E-state index >= 15 is 0 Å². The van der Waals surface area contributed by atoms with Gasteiger partial charge < -0.3 is 19.5 Å². The molecular formula is C22H22N2O5. The summed E-state index contributed by atoms with van der Waals surface area (Å²) < 4.78 is 15.8. The molecule has 0 fully saturated rings. The van der Waals surface area contributed by atoms with Crippen molar-refractivity contribution in [3.8, 4) is 17.2 Å². The van der Waals surface area contributed by atoms with Gasteiger partial charge in [-0.15, -0.1) is 6.58 Å². The van der Waals surface area contributed by atoms with Gasteiger partial charge in [0, 0.05) is 12.6 Å². The fraction of sp³-hybridized carbons (Fsp3) is 0.182. The van der Waals surface area contributed by atoms with Crippen molar-refractivity contribution in [2.24, 2.45) is 0 Å². The van der Waals surface area contributed by atoms with Gasteiger partial charge >= 0.3 is 0 Å². The molecule has 0 saturated heterocycles. The highest BCUT2D eigenvalue weighted by Gasteiger charge is 2.38. The molecule has 0 unspecified atom stereocenters. The molecule has 2 aromatic carbocycles. The summed E-state index contributed by atoms with van der Waals surface area (Å²) in [5.41, 5.74) is 1.59. The van der Waals surface area contributed by atoms with E-state index in [1.165, 1.54) is 13.2 Å². The van der Waals surface area contributed by atoms with Crippen molar-refractivity contribution in [3.05, 3.63) is 66.4 Å². The number of carbonyl (C=O) groups excluding carboxylic acids is 2. The van der Waals surface area contributed by atoms with Gasteiger partial charge in [0.15, 0.2) is 0 Å². The van der Waals surface area contributed by atoms with Crippen LogP contribution in [0.15, 0.2) is 60.8 Å². The van der Waals surface area contributed by atoms with Crippen molar-refractivity contribution < 1.29 is 23.8 Å². The van der Waals surface area contributed by atoms with Gasteiger partial charge in [-0.05, 0) is 29.8 Å². The standard InChI is InChI=1S/C22H22N2O5/c1-5-12-24-21(25)19(14-6-8-15(27-2)9-7-14)20(22(24)26)23-17-11-10-16(28-3)13-18(17)29-4/h5-11,13,23H,1,12H2,2-4H3. The Hall–Kier alpha value is -3.74. The van der Waals surface area contributed by atoms with E-state index in [0.717, 1.165) is 4.90 Å². The Bertz CT molecular complexity index is 979. The monoisotopic (exact) mass is 394 g/mol. The van der Waals surface area contributed by atoms with Crippen molar-refractivity contribution in [1.29, 1.82) is 0 Å². The number of anilines is 1. The predicted molar refractivity (Wildman–Crippen MR) is 110 cm³/mol. The van der Waals surface area contributed by atoms with Crippen LogP contribution in [-0.2, 0) is 9.59 Å². The molecule has 2 aromatic rings. The van der Waals surface area contributed by atoms with E-state index in [1.54, 1.807) is 56.7 Å². The van der Waals surface area contributed by atoms with E-state index in [1.807, 2.05) is 0 Å². The molecule has 0 aliphatic carbocycles. The van der Waals surface area contributed by atoms with E-state index in [4.69, 9.17) is 14.2 Å². The summed E-state index contributed by atoms with van der Waals surface area (Å²) in [5, 5.41) is 3.08. The van der Waals surface area contributed by atoms with Crippen LogP contribution in [0.3, 0.4) is 0 Å². The zero-order chi connectivity index (χ0) is 21.0. The number of ether oxygens (including phenoxy) is 3. The average molecular weight is 394 g/mol. The largest absolute Gasteiger partial charge is 0.497 e. The highest BCUT2D eigenvalue weighted by atomic mass is 16.5. The first-order valence-corrected chi connectivity index (χ1v) is 8.88. The lowest BCUT2D eigenvalue weighted by Gasteiger charge is -2.14. The first-order valence-electron chi connectivity index (χ1n) is 8.88. The summed E-state index contributed by atoms with van der Waals surface area (Å²) in [4.78, 5) is 27.1. The molecule has 2 amide bonds. The number of nitrogens with one attached hydrogen (secondary N) is 1. The van der Waals surface area contributed by atoms with E-state index in [2.05, 4.69) is 11.9 Å². The lowest BCUT2D eigenvalue weighted by Crippen LogP contribution is -2.32. The van der Waals surface area contributed by atoms with E-state index < -0.39 is 11.8 Å². The topological polar surface area (TPSA) is 77.1 Å². The number of methoxy groups -OCH3 is 3. The first-order chi connectivity index (χ1) is 14.0. The summed E-state index contributed by atoms with van der Waals surface area (Å²) in [7, 11) is 4.64. The normalized spacial score (nSPS) is 13.6. The Morgan fingerprint density at radius 1 is 0.931 bits per heavy atom. The zero-order valence-electron chi connectivity index (χ0n) is 16.5. The Kier molecular flexibility index (Phi) is 5.87. The SMILES string of the molecule is C=CCN1C(=O)C(Nc2ccc(OC)cc2OC)=C(c2ccc(OC)cc2)C1=O. The fourth-order valence-corrected chi connectivity index (χ4v) is 3.05. The number of carbonyl (C=O) groups is 2. The van der Waals surface area contributed by atoms with E-state index in [9.17, 15) is 9.59 Å². The highest BCUT2D eigenvalue weighted by molar-refractivity contribution is 6.36. The molecule has 29 heavy (non-hydrogen) atoms. The molecule has 0 spiro atoms. The van der Waals surface area contributed by atoms with Gasteiger partial charge in [-0.25, -0.2) is 0 Å². The van der Waals surface area contributed by atoms with Gasteiger partial charge in [0.2, 0.25) is 0 Å². The fourth-order valence-electron chi connectivity index (χ4n) is 3.05. The number of hydrogen-bond acceptors (Lipinski definition) is 6. The average Bonchev–Trinajstić information content (AvgIpc) is 2.98. The van der Waals surface area contributed by atoms with Gasteiger partial charge in [0.05, 0.1) is 32.6 Å². The second kappa shape index (κ2) is 8.52. The van der Waals surface area contributed by atoms with Gasteiger partial charge in [-0.2, -0.15) is 0 Å². The van der Waals surface area contributed by atoms with E-state index in [0.29, 0.717) is 28.5 Å². The third kappa shape index (κ3) is 3.80. The quantitative estimate of drug-likeness (QED) is 0.548. The van der Waals surface area contributed by atoms with Crippen LogP contribution in [0.4, 0.5) is 5.69 Å². The molecule has 7 nitrogen and oxygen atoms in total. The summed E-state index contributed by atoms with van der Waals surface area (Å²) in [6.45, 7) is 3.75. The molecule has 150 valence electrons. The molecule has 0 atom stereocenters. The molecule has 0 saturated carbocycles. The van der Waals surface area contributed by atoms with E-state index in [-0.39, 0.29) is 17.8 Å². The zero-order valence-corrected chi connectivity index (χ0v) is 16.5. The molecule has 1 aliphatic heterocycles. The predicted octanol–water partition coefficient (Wildman–Crippen LogP) is 3.09. The smallest absolute Gasteiger partial charge is 0.278 e. The number of hydrogen-bond donors (Lipinski definition) is 1. The Morgan fingerprint density at radius 3 is 2.17 bits per heavy atom. The molecule has 1 N–H and O–H groups in total. The maximum atomic E-state index is 13.0. The van der Waals surface area contributed by atoms with Gasteiger partial charge in [0.25, 0.3) is 11.8 Å². The van der Waals surface area contributed by atoms with Crippen LogP contribution < -0.4 is 19.5 Å². The number of imide groups is 1. The lowest BCUT2D eigenvalue weighted by molar-refractivity contribution is -0.136. The van der Waals surface area contributed by atoms with Gasteiger partial charge in [-0.3, -0.25) is 14.5 Å². The highest BCUT2D eigenvalue weighted by Crippen LogP contribution is 2.35. The second-order valence-electron chi connectivity index (χ2n) is 6.18. The van der Waals surface area contributed by atoms with Crippen molar-refractivity contribution >= 4 is 23.1 Å². The number of amides is 2. The molecule has 0 radical (unpaired) electrons. The minimum Gasteiger partial charge on any atom is -0.497 e. The molecular weight excluding hydrogens is 372 g/mol. The molecule has 0 aromatic heterocycles. The molecule has 1 aliphatic rings. The first kappa shape index (κ1) is 20.0. The maximum absolute atomic E-state index is 13.0. The van der Waals surface area contributed by atoms with Crippen LogP contribution in [0, 0.1) is 0 Å². The van der Waals surface area contributed by atoms with Crippen molar-refractivity contribution in [3.63, 3.8) is 0 Å². The number of nitrogens with zero attached hydrogens (tertiary/aromatic N) is 1. The summed E-state index contributed by atoms with van der Waals surface area (Å²) in [5.74, 6) is 0.918. The molecule has 7 heteroatoms. The van der Waals surface area contributed by atoms with Crippen molar-refractivity contribution in [2.45, 2.75) is 0 Å². The maximum Gasteiger partial charge on any atom is 0.278 e. The number of rotatable bonds is 8. The minimum absolute atomic E-state index is 0.113. The van der Waals surface area contributed by atoms with Crippen LogP contribution in [0.25, 0.3) is 5.57 Å². The molecule has 0 bridgehead atoms. The van der Waals surface area contributed by atoms with Crippen LogP contribution in [0.1, 0.15) is 5.56 Å². The van der Waals surface area contributed by atoms with Crippen molar-refractivity contribution in [2.75, 3.05) is 33.2 Å². The summed E-state index contributed by atoms with van der Waals surface area (Å²) >= 11 is 0. The lowest BCUT2D eigenvalue weighted by atomic mass is 10.0. The molecule has 3 rings (SSSR count). The van der Waals surface area contributed by atoms with Crippen molar-refractivity contribution in [1.82, 2.24) is 4.90 Å². The van der Waals surface area contributed by atoms with Crippen LogP contribution in [-0.4, -0.2) is 44.6 Å². The Balaban J connectivity index is 2.09. The Morgan fingerprint density at radius 2 is 1.59 bits per heavy atom. The summed E-state index contributed by atoms with van der Waals surface area (Å²) in [6.07, 6.45) is 1.51. The third-order valence-corrected chi connectivity index (χ3v) is 4.53. The van der Waals surface area contributed by atoms with Crippen LogP contribution in [0.5, 0.6) is 17.2 Å². The number of benzene rings is 2. The molecule has 1 heterocycles. The second-order valence-corrected chi connectivity index (χ2v) is 6.18. The van der Waals surface area contributed by atoms with Crippen LogP contribution in [0.2, 0.25) is 0 Å². The third-order valence-electron chi connectivity index (χ3n) is 4.53. The Labute approximate surface area is 169 Å². The minimum atomic E-state index is -0.432. The van der Waals surface area contributed by atoms with Crippen LogP contribution >= 0.6 is 0 Å². The summed E-state index contributed by atoms with van der Waals surface area (Å²) in [6, 6.07) is 12.1. The van der Waals surface area contributed by atoms with Gasteiger partial charge in [-0.1, -0.05) is 18.2 Å². The van der Waals surface area contributed by atoms with Gasteiger partial charge in [0.1, 0.15) is 22.9 Å².